The lowest BCUT2D eigenvalue weighted by molar-refractivity contribution is -0.203. The molecule has 4 nitrogen and oxygen atoms in total. The first-order valence-corrected chi connectivity index (χ1v) is 11.9. The summed E-state index contributed by atoms with van der Waals surface area (Å²) in [5.41, 5.74) is 2.49. The normalized spacial score (nSPS) is 25.1. The fourth-order valence-corrected chi connectivity index (χ4v) is 4.34. The summed E-state index contributed by atoms with van der Waals surface area (Å²) in [7, 11) is 0. The van der Waals surface area contributed by atoms with Gasteiger partial charge in [0.05, 0.1) is 26.4 Å². The summed E-state index contributed by atoms with van der Waals surface area (Å²) in [6.07, 6.45) is -1.32. The lowest BCUT2D eigenvalue weighted by Gasteiger charge is -2.42. The third-order valence-corrected chi connectivity index (χ3v) is 6.50. The Labute approximate surface area is 205 Å². The number of hydrogen-bond acceptors (Lipinski definition) is 4. The Kier molecular flexibility index (Phi) is 9.18. The first-order valence-electron chi connectivity index (χ1n) is 11.1. The van der Waals surface area contributed by atoms with Gasteiger partial charge in [-0.05, 0) is 16.7 Å². The first-order chi connectivity index (χ1) is 16.2. The molecule has 1 saturated heterocycles. The smallest absolute Gasteiger partial charge is 0.150 e. The minimum Gasteiger partial charge on any atom is -0.374 e. The Morgan fingerprint density at radius 3 is 1.58 bits per heavy atom. The second-order valence-electron chi connectivity index (χ2n) is 7.99. The van der Waals surface area contributed by atoms with Crippen molar-refractivity contribution in [3.8, 4) is 0 Å². The van der Waals surface area contributed by atoms with Crippen LogP contribution >= 0.6 is 23.2 Å². The number of hydrogen-bond donors (Lipinski definition) is 0. The van der Waals surface area contributed by atoms with Gasteiger partial charge in [0.1, 0.15) is 23.7 Å². The van der Waals surface area contributed by atoms with Gasteiger partial charge in [-0.15, -0.1) is 11.6 Å². The van der Waals surface area contributed by atoms with Gasteiger partial charge in [-0.2, -0.15) is 0 Å². The van der Waals surface area contributed by atoms with E-state index in [0.29, 0.717) is 26.4 Å². The zero-order valence-electron chi connectivity index (χ0n) is 18.3. The summed E-state index contributed by atoms with van der Waals surface area (Å²) < 4.78 is 24.6. The van der Waals surface area contributed by atoms with Crippen molar-refractivity contribution in [3.05, 3.63) is 108 Å². The molecule has 0 spiro atoms. The second-order valence-corrected chi connectivity index (χ2v) is 8.93. The number of rotatable bonds is 10. The van der Waals surface area contributed by atoms with Crippen LogP contribution in [0.1, 0.15) is 16.7 Å². The van der Waals surface area contributed by atoms with Gasteiger partial charge in [-0.1, -0.05) is 103 Å². The number of halogens is 2. The molecule has 5 atom stereocenters. The van der Waals surface area contributed by atoms with Crippen LogP contribution in [0.4, 0.5) is 0 Å². The number of alkyl halides is 2. The van der Waals surface area contributed by atoms with Crippen molar-refractivity contribution in [2.24, 2.45) is 0 Å². The van der Waals surface area contributed by atoms with E-state index in [1.54, 1.807) is 0 Å². The van der Waals surface area contributed by atoms with Crippen molar-refractivity contribution in [3.63, 3.8) is 0 Å². The monoisotopic (exact) mass is 486 g/mol. The molecule has 1 fully saturated rings. The Morgan fingerprint density at radius 1 is 0.606 bits per heavy atom. The lowest BCUT2D eigenvalue weighted by atomic mass is 10.0. The molecule has 0 aromatic heterocycles. The van der Waals surface area contributed by atoms with Gasteiger partial charge in [0.2, 0.25) is 0 Å². The van der Waals surface area contributed by atoms with Gasteiger partial charge < -0.3 is 18.9 Å². The highest BCUT2D eigenvalue weighted by molar-refractivity contribution is 6.29. The van der Waals surface area contributed by atoms with Crippen molar-refractivity contribution in [1.82, 2.24) is 0 Å². The van der Waals surface area contributed by atoms with E-state index in [9.17, 15) is 0 Å². The molecule has 0 unspecified atom stereocenters. The third kappa shape index (κ3) is 7.03. The Morgan fingerprint density at radius 2 is 1.06 bits per heavy atom. The molecule has 33 heavy (non-hydrogen) atoms. The average Bonchev–Trinajstić information content (AvgIpc) is 2.86. The van der Waals surface area contributed by atoms with Gasteiger partial charge in [0.25, 0.3) is 0 Å². The maximum absolute atomic E-state index is 6.67. The molecule has 0 saturated carbocycles. The Hall–Kier alpha value is -1.92. The van der Waals surface area contributed by atoms with Crippen molar-refractivity contribution in [2.75, 3.05) is 6.61 Å². The molecule has 0 aliphatic carbocycles. The van der Waals surface area contributed by atoms with Crippen molar-refractivity contribution in [1.29, 1.82) is 0 Å². The summed E-state index contributed by atoms with van der Waals surface area (Å²) >= 11 is 13.1. The molecular formula is C27H28Cl2O4. The van der Waals surface area contributed by atoms with E-state index in [-0.39, 0.29) is 0 Å². The van der Waals surface area contributed by atoms with Crippen LogP contribution in [-0.4, -0.2) is 35.9 Å². The number of ether oxygens (including phenoxy) is 4. The minimum atomic E-state index is -0.714. The second kappa shape index (κ2) is 12.5. The van der Waals surface area contributed by atoms with E-state index in [1.807, 2.05) is 91.0 Å². The van der Waals surface area contributed by atoms with Gasteiger partial charge in [0, 0.05) is 0 Å². The Bertz CT molecular complexity index is 942. The van der Waals surface area contributed by atoms with Crippen molar-refractivity contribution < 1.29 is 18.9 Å². The molecule has 6 heteroatoms. The summed E-state index contributed by atoms with van der Waals surface area (Å²) in [5, 5.41) is -0.568. The van der Waals surface area contributed by atoms with E-state index >= 15 is 0 Å². The van der Waals surface area contributed by atoms with E-state index in [0.717, 1.165) is 16.7 Å². The lowest BCUT2D eigenvalue weighted by Crippen LogP contribution is -2.57. The van der Waals surface area contributed by atoms with Crippen LogP contribution in [0, 0.1) is 0 Å². The van der Waals surface area contributed by atoms with E-state index in [1.165, 1.54) is 0 Å². The molecule has 1 aliphatic rings. The molecule has 3 aromatic carbocycles. The predicted molar refractivity (Wildman–Crippen MR) is 130 cm³/mol. The van der Waals surface area contributed by atoms with Gasteiger partial charge in [-0.25, -0.2) is 0 Å². The molecule has 1 aliphatic heterocycles. The standard InChI is InChI=1S/C27H28Cl2O4/c28-24-26(32-18-22-14-8-3-9-15-22)25(31-17-21-12-6-2-7-13-21)23(33-27(24)29)19-30-16-20-10-4-1-5-11-20/h1-15,23-27H,16-19H2/t23-,24-,25+,26-,27+/m1/s1. The molecule has 0 bridgehead atoms. The van der Waals surface area contributed by atoms with Gasteiger partial charge >= 0.3 is 0 Å². The van der Waals surface area contributed by atoms with Crippen LogP contribution in [0.25, 0.3) is 0 Å². The molecule has 0 radical (unpaired) electrons. The Balaban J connectivity index is 1.46. The zero-order chi connectivity index (χ0) is 22.9. The van der Waals surface area contributed by atoms with Crippen LogP contribution in [0.5, 0.6) is 0 Å². The van der Waals surface area contributed by atoms with E-state index < -0.39 is 29.3 Å². The summed E-state index contributed by atoms with van der Waals surface area (Å²) in [6, 6.07) is 30.0. The van der Waals surface area contributed by atoms with Crippen molar-refractivity contribution >= 4 is 23.2 Å². The third-order valence-electron chi connectivity index (χ3n) is 5.52. The summed E-state index contributed by atoms with van der Waals surface area (Å²) in [4.78, 5) is 0. The van der Waals surface area contributed by atoms with Crippen LogP contribution in [0.3, 0.4) is 0 Å². The maximum Gasteiger partial charge on any atom is 0.150 e. The molecule has 4 rings (SSSR count). The molecule has 0 N–H and O–H groups in total. The summed E-state index contributed by atoms with van der Waals surface area (Å²) in [6.45, 7) is 1.60. The van der Waals surface area contributed by atoms with Gasteiger partial charge in [0.15, 0.2) is 5.56 Å². The first kappa shape index (κ1) is 24.2. The molecule has 0 amide bonds. The molecular weight excluding hydrogens is 459 g/mol. The molecule has 1 heterocycles. The van der Waals surface area contributed by atoms with E-state index in [2.05, 4.69) is 0 Å². The van der Waals surface area contributed by atoms with Crippen molar-refractivity contribution in [2.45, 2.75) is 49.1 Å². The van der Waals surface area contributed by atoms with Crippen LogP contribution < -0.4 is 0 Å². The van der Waals surface area contributed by atoms with Gasteiger partial charge in [-0.3, -0.25) is 0 Å². The van der Waals surface area contributed by atoms with Crippen LogP contribution in [-0.2, 0) is 38.8 Å². The zero-order valence-corrected chi connectivity index (χ0v) is 19.8. The van der Waals surface area contributed by atoms with Crippen LogP contribution in [0.2, 0.25) is 0 Å². The fourth-order valence-electron chi connectivity index (χ4n) is 3.78. The average molecular weight is 487 g/mol. The fraction of sp³-hybridized carbons (Fsp3) is 0.333. The maximum atomic E-state index is 6.67. The highest BCUT2D eigenvalue weighted by atomic mass is 35.5. The van der Waals surface area contributed by atoms with E-state index in [4.69, 9.17) is 42.1 Å². The molecule has 174 valence electrons. The quantitative estimate of drug-likeness (QED) is 0.332. The topological polar surface area (TPSA) is 36.9 Å². The highest BCUT2D eigenvalue weighted by Crippen LogP contribution is 2.33. The SMILES string of the molecule is Cl[C@@H]1[C@@H](OCc2ccccc2)[C@@H](OCc2ccccc2)[C@@H](COCc2ccccc2)O[C@@H]1Cl. The predicted octanol–water partition coefficient (Wildman–Crippen LogP) is 5.95. The molecule has 3 aromatic rings. The number of benzene rings is 3. The van der Waals surface area contributed by atoms with Crippen LogP contribution in [0.15, 0.2) is 91.0 Å². The highest BCUT2D eigenvalue weighted by Gasteiger charge is 2.46. The minimum absolute atomic E-state index is 0.312. The summed E-state index contributed by atoms with van der Waals surface area (Å²) in [5.74, 6) is 0. The largest absolute Gasteiger partial charge is 0.374 e.